The van der Waals surface area contributed by atoms with E-state index in [2.05, 4.69) is 10.0 Å². The second-order valence-corrected chi connectivity index (χ2v) is 7.98. The van der Waals surface area contributed by atoms with Gasteiger partial charge in [0.25, 0.3) is 0 Å². The lowest BCUT2D eigenvalue weighted by molar-refractivity contribution is -0.116. The highest BCUT2D eigenvalue weighted by Gasteiger charge is 2.15. The number of hydrogen-bond donors (Lipinski definition) is 2. The number of halogens is 2. The molecular formula is C19H16ClFN2O3S. The van der Waals surface area contributed by atoms with E-state index in [-0.39, 0.29) is 28.6 Å². The van der Waals surface area contributed by atoms with Crippen LogP contribution in [0, 0.1) is 5.82 Å². The lowest BCUT2D eigenvalue weighted by Gasteiger charge is -2.09. The second kappa shape index (κ2) is 8.04. The van der Waals surface area contributed by atoms with Gasteiger partial charge in [0.2, 0.25) is 15.9 Å². The van der Waals surface area contributed by atoms with E-state index in [4.69, 9.17) is 11.6 Å². The number of rotatable bonds is 6. The summed E-state index contributed by atoms with van der Waals surface area (Å²) in [6.45, 7) is -0.122. The van der Waals surface area contributed by atoms with Crippen molar-refractivity contribution in [1.82, 2.24) is 4.72 Å². The number of anilines is 1. The van der Waals surface area contributed by atoms with Crippen LogP contribution in [0.2, 0.25) is 5.02 Å². The Labute approximate surface area is 161 Å². The fourth-order valence-electron chi connectivity index (χ4n) is 2.53. The number of hydrogen-bond acceptors (Lipinski definition) is 3. The van der Waals surface area contributed by atoms with E-state index in [9.17, 15) is 17.6 Å². The van der Waals surface area contributed by atoms with Crippen molar-refractivity contribution in [3.05, 3.63) is 71.5 Å². The lowest BCUT2D eigenvalue weighted by atomic mass is 10.1. The molecule has 3 aromatic carbocycles. The fraction of sp³-hybridized carbons (Fsp3) is 0.105. The van der Waals surface area contributed by atoms with E-state index in [0.717, 1.165) is 10.8 Å². The minimum absolute atomic E-state index is 0.0510. The quantitative estimate of drug-likeness (QED) is 0.651. The molecule has 0 aliphatic heterocycles. The van der Waals surface area contributed by atoms with E-state index >= 15 is 0 Å². The fourth-order valence-corrected chi connectivity index (χ4v) is 3.77. The van der Waals surface area contributed by atoms with Gasteiger partial charge in [-0.15, -0.1) is 0 Å². The molecule has 0 saturated heterocycles. The Bertz CT molecular complexity index is 1100. The van der Waals surface area contributed by atoms with Gasteiger partial charge in [-0.2, -0.15) is 0 Å². The Hall–Kier alpha value is -2.48. The average molecular weight is 407 g/mol. The van der Waals surface area contributed by atoms with Crippen LogP contribution in [0.1, 0.15) is 6.42 Å². The summed E-state index contributed by atoms with van der Waals surface area (Å²) in [5.74, 6) is -1.26. The Morgan fingerprint density at radius 2 is 1.74 bits per heavy atom. The van der Waals surface area contributed by atoms with Gasteiger partial charge >= 0.3 is 0 Å². The first kappa shape index (κ1) is 19.3. The molecule has 3 aromatic rings. The molecule has 8 heteroatoms. The summed E-state index contributed by atoms with van der Waals surface area (Å²) in [5, 5.41) is 3.99. The van der Waals surface area contributed by atoms with Gasteiger partial charge in [-0.25, -0.2) is 17.5 Å². The molecule has 0 aromatic heterocycles. The molecule has 0 fully saturated rings. The molecule has 1 amide bonds. The van der Waals surface area contributed by atoms with Crippen LogP contribution in [-0.2, 0) is 14.8 Å². The number of carbonyl (C=O) groups excluding carboxylic acids is 1. The van der Waals surface area contributed by atoms with Crippen LogP contribution in [0.4, 0.5) is 10.1 Å². The van der Waals surface area contributed by atoms with Crippen LogP contribution in [-0.4, -0.2) is 20.9 Å². The number of nitrogens with one attached hydrogen (secondary N) is 2. The molecule has 27 heavy (non-hydrogen) atoms. The molecule has 5 nitrogen and oxygen atoms in total. The smallest absolute Gasteiger partial charge is 0.240 e. The first-order valence-corrected chi connectivity index (χ1v) is 9.95. The number of sulfonamides is 1. The molecule has 0 radical (unpaired) electrons. The maximum absolute atomic E-state index is 13.8. The van der Waals surface area contributed by atoms with Gasteiger partial charge in [-0.1, -0.05) is 48.0 Å². The van der Waals surface area contributed by atoms with E-state index in [1.54, 1.807) is 12.1 Å². The predicted octanol–water partition coefficient (Wildman–Crippen LogP) is 3.94. The molecule has 0 spiro atoms. The number of carbonyl (C=O) groups is 1. The zero-order chi connectivity index (χ0) is 19.4. The van der Waals surface area contributed by atoms with Crippen molar-refractivity contribution in [3.63, 3.8) is 0 Å². The summed E-state index contributed by atoms with van der Waals surface area (Å²) in [6.07, 6.45) is -0.154. The van der Waals surface area contributed by atoms with Crippen LogP contribution < -0.4 is 10.0 Å². The number of fused-ring (bicyclic) bond motifs is 1. The zero-order valence-electron chi connectivity index (χ0n) is 14.1. The molecule has 3 rings (SSSR count). The normalized spacial score (nSPS) is 11.5. The van der Waals surface area contributed by atoms with Gasteiger partial charge in [0.15, 0.2) is 5.82 Å². The minimum Gasteiger partial charge on any atom is -0.324 e. The van der Waals surface area contributed by atoms with Crippen LogP contribution in [0.5, 0.6) is 0 Å². The van der Waals surface area contributed by atoms with Crippen molar-refractivity contribution >= 4 is 44.0 Å². The van der Waals surface area contributed by atoms with E-state index in [1.807, 2.05) is 24.3 Å². The van der Waals surface area contributed by atoms with Gasteiger partial charge < -0.3 is 5.32 Å². The average Bonchev–Trinajstić information content (AvgIpc) is 2.65. The Morgan fingerprint density at radius 1 is 1.00 bits per heavy atom. The van der Waals surface area contributed by atoms with Gasteiger partial charge in [0, 0.05) is 13.0 Å². The third kappa shape index (κ3) is 4.63. The summed E-state index contributed by atoms with van der Waals surface area (Å²) in [4.78, 5) is 12.0. The number of benzene rings is 3. The zero-order valence-corrected chi connectivity index (χ0v) is 15.6. The van der Waals surface area contributed by atoms with E-state index in [1.165, 1.54) is 24.3 Å². The van der Waals surface area contributed by atoms with Crippen LogP contribution in [0.25, 0.3) is 10.8 Å². The Morgan fingerprint density at radius 3 is 2.52 bits per heavy atom. The highest BCUT2D eigenvalue weighted by molar-refractivity contribution is 7.89. The molecule has 0 aliphatic rings. The summed E-state index contributed by atoms with van der Waals surface area (Å²) in [7, 11) is -3.76. The van der Waals surface area contributed by atoms with Gasteiger partial charge in [0.05, 0.1) is 15.6 Å². The molecular weight excluding hydrogens is 391 g/mol. The van der Waals surface area contributed by atoms with Crippen molar-refractivity contribution in [3.8, 4) is 0 Å². The SMILES string of the molecule is O=C(CCNS(=O)(=O)c1ccc2ccccc2c1)Nc1cccc(Cl)c1F. The second-order valence-electron chi connectivity index (χ2n) is 5.81. The summed E-state index contributed by atoms with van der Waals surface area (Å²) in [5.41, 5.74) is -0.0510. The summed E-state index contributed by atoms with van der Waals surface area (Å²) in [6, 6.07) is 16.4. The van der Waals surface area contributed by atoms with Crippen molar-refractivity contribution in [2.75, 3.05) is 11.9 Å². The Kier molecular flexibility index (Phi) is 5.74. The minimum atomic E-state index is -3.76. The van der Waals surface area contributed by atoms with Gasteiger partial charge in [-0.05, 0) is 35.0 Å². The third-order valence-electron chi connectivity index (χ3n) is 3.90. The van der Waals surface area contributed by atoms with Gasteiger partial charge in [0.1, 0.15) is 0 Å². The van der Waals surface area contributed by atoms with Gasteiger partial charge in [-0.3, -0.25) is 4.79 Å². The van der Waals surface area contributed by atoms with E-state index < -0.39 is 21.7 Å². The molecule has 0 bridgehead atoms. The maximum atomic E-state index is 13.8. The first-order chi connectivity index (χ1) is 12.9. The van der Waals surface area contributed by atoms with Crippen LogP contribution >= 0.6 is 11.6 Å². The predicted molar refractivity (Wildman–Crippen MR) is 104 cm³/mol. The molecule has 2 N–H and O–H groups in total. The summed E-state index contributed by atoms with van der Waals surface area (Å²) < 4.78 is 40.9. The standard InChI is InChI=1S/C19H16ClFN2O3S/c20-16-6-3-7-17(19(16)21)23-18(24)10-11-22-27(25,26)15-9-8-13-4-1-2-5-14(13)12-15/h1-9,12,22H,10-11H2,(H,23,24). The molecule has 0 saturated carbocycles. The molecule has 0 aliphatic carbocycles. The van der Waals surface area contributed by atoms with Crippen molar-refractivity contribution in [2.45, 2.75) is 11.3 Å². The monoisotopic (exact) mass is 406 g/mol. The number of amides is 1. The largest absolute Gasteiger partial charge is 0.324 e. The molecule has 140 valence electrons. The van der Waals surface area contributed by atoms with Crippen molar-refractivity contribution < 1.29 is 17.6 Å². The highest BCUT2D eigenvalue weighted by Crippen LogP contribution is 2.22. The molecule has 0 heterocycles. The van der Waals surface area contributed by atoms with Crippen molar-refractivity contribution in [1.29, 1.82) is 0 Å². The lowest BCUT2D eigenvalue weighted by Crippen LogP contribution is -2.28. The third-order valence-corrected chi connectivity index (χ3v) is 5.65. The van der Waals surface area contributed by atoms with Crippen LogP contribution in [0.3, 0.4) is 0 Å². The molecule has 0 unspecified atom stereocenters. The summed E-state index contributed by atoms with van der Waals surface area (Å²) >= 11 is 5.65. The van der Waals surface area contributed by atoms with E-state index in [0.29, 0.717) is 0 Å². The van der Waals surface area contributed by atoms with Crippen molar-refractivity contribution in [2.24, 2.45) is 0 Å². The highest BCUT2D eigenvalue weighted by atomic mass is 35.5. The molecule has 0 atom stereocenters. The first-order valence-electron chi connectivity index (χ1n) is 8.09. The van der Waals surface area contributed by atoms with Crippen LogP contribution in [0.15, 0.2) is 65.6 Å². The maximum Gasteiger partial charge on any atom is 0.240 e. The Balaban J connectivity index is 1.61. The topological polar surface area (TPSA) is 75.3 Å².